The second-order valence-electron chi connectivity index (χ2n) is 5.52. The van der Waals surface area contributed by atoms with Crippen LogP contribution in [0.1, 0.15) is 38.5 Å². The molecule has 1 aromatic carbocycles. The average Bonchev–Trinajstić information content (AvgIpc) is 2.65. The number of nitrogens with zero attached hydrogens (tertiary/aromatic N) is 1. The van der Waals surface area contributed by atoms with Crippen molar-refractivity contribution in [3.8, 4) is 0 Å². The van der Waals surface area contributed by atoms with Crippen LogP contribution in [0.3, 0.4) is 0 Å². The Bertz CT molecular complexity index is 564. The summed E-state index contributed by atoms with van der Waals surface area (Å²) < 4.78 is 22.7. The quantitative estimate of drug-likeness (QED) is 0.660. The Morgan fingerprint density at radius 1 is 1.15 bits per heavy atom. The highest BCUT2D eigenvalue weighted by atomic mass is 32.2. The molecule has 0 radical (unpaired) electrons. The van der Waals surface area contributed by atoms with Gasteiger partial charge in [-0.1, -0.05) is 25.7 Å². The van der Waals surface area contributed by atoms with Gasteiger partial charge in [0, 0.05) is 18.8 Å². The van der Waals surface area contributed by atoms with Crippen LogP contribution in [-0.2, 0) is 10.0 Å². The molecule has 2 rings (SSSR count). The highest BCUT2D eigenvalue weighted by molar-refractivity contribution is 7.89. The molecule has 4 N–H and O–H groups in total. The number of primary sulfonamides is 1. The lowest BCUT2D eigenvalue weighted by Gasteiger charge is -2.29. The zero-order chi connectivity index (χ0) is 14.8. The zero-order valence-electron chi connectivity index (χ0n) is 11.9. The Kier molecular flexibility index (Phi) is 4.55. The van der Waals surface area contributed by atoms with Crippen LogP contribution in [0.4, 0.5) is 11.4 Å². The summed E-state index contributed by atoms with van der Waals surface area (Å²) in [5.74, 6) is 0. The molecular weight excluding hydrogens is 274 g/mol. The second-order valence-corrected chi connectivity index (χ2v) is 7.05. The Hall–Kier alpha value is -1.27. The molecule has 0 saturated heterocycles. The summed E-state index contributed by atoms with van der Waals surface area (Å²) in [6, 6.07) is 5.47. The number of hydrogen-bond donors (Lipinski definition) is 2. The first-order valence-corrected chi connectivity index (χ1v) is 8.59. The summed E-state index contributed by atoms with van der Waals surface area (Å²) in [7, 11) is -1.71. The third-order valence-electron chi connectivity index (χ3n) is 4.08. The van der Waals surface area contributed by atoms with Gasteiger partial charge in [-0.05, 0) is 31.0 Å². The van der Waals surface area contributed by atoms with Crippen LogP contribution in [0, 0.1) is 0 Å². The maximum Gasteiger partial charge on any atom is 0.240 e. The molecule has 0 bridgehead atoms. The number of hydrogen-bond acceptors (Lipinski definition) is 4. The van der Waals surface area contributed by atoms with E-state index in [1.807, 2.05) is 7.05 Å². The summed E-state index contributed by atoms with van der Waals surface area (Å²) >= 11 is 0. The lowest BCUT2D eigenvalue weighted by molar-refractivity contribution is 0.553. The summed E-state index contributed by atoms with van der Waals surface area (Å²) in [4.78, 5) is 2.20. The van der Waals surface area contributed by atoms with Crippen molar-refractivity contribution in [3.05, 3.63) is 18.2 Å². The van der Waals surface area contributed by atoms with Crippen LogP contribution in [0.25, 0.3) is 0 Å². The summed E-state index contributed by atoms with van der Waals surface area (Å²) in [5, 5.41) is 5.13. The van der Waals surface area contributed by atoms with Gasteiger partial charge in [0.25, 0.3) is 0 Å². The van der Waals surface area contributed by atoms with E-state index in [0.29, 0.717) is 6.04 Å². The lowest BCUT2D eigenvalue weighted by Crippen LogP contribution is -2.31. The van der Waals surface area contributed by atoms with Crippen molar-refractivity contribution in [3.63, 3.8) is 0 Å². The van der Waals surface area contributed by atoms with Crippen LogP contribution in [-0.4, -0.2) is 21.5 Å². The fourth-order valence-corrected chi connectivity index (χ4v) is 3.52. The van der Waals surface area contributed by atoms with Gasteiger partial charge in [-0.25, -0.2) is 13.6 Å². The van der Waals surface area contributed by atoms with Crippen molar-refractivity contribution in [2.45, 2.75) is 49.5 Å². The van der Waals surface area contributed by atoms with Gasteiger partial charge in [0.05, 0.1) is 5.69 Å². The van der Waals surface area contributed by atoms with E-state index in [0.717, 1.165) is 5.69 Å². The lowest BCUT2D eigenvalue weighted by atomic mass is 10.1. The number of sulfonamides is 1. The topological polar surface area (TPSA) is 89.4 Å². The molecule has 0 heterocycles. The standard InChI is InChI=1S/C14H23N3O2S/c1-17(11-6-4-2-3-5-7-11)12-8-9-14(13(15)10-12)20(16,18)19/h8-11H,2-7,15H2,1H3,(H2,16,18,19). The maximum atomic E-state index is 11.4. The highest BCUT2D eigenvalue weighted by Gasteiger charge is 2.19. The number of nitrogen functional groups attached to an aromatic ring is 1. The number of rotatable bonds is 3. The average molecular weight is 297 g/mol. The van der Waals surface area contributed by atoms with Gasteiger partial charge in [-0.2, -0.15) is 0 Å². The van der Waals surface area contributed by atoms with Crippen molar-refractivity contribution in [2.24, 2.45) is 5.14 Å². The predicted molar refractivity (Wildman–Crippen MR) is 82.1 cm³/mol. The SMILES string of the molecule is CN(c1ccc(S(N)(=O)=O)c(N)c1)C1CCCCCC1. The van der Waals surface area contributed by atoms with Gasteiger partial charge in [0.15, 0.2) is 0 Å². The molecule has 0 amide bonds. The monoisotopic (exact) mass is 297 g/mol. The molecule has 0 unspecified atom stereocenters. The molecule has 1 aliphatic carbocycles. The molecule has 1 aromatic rings. The smallest absolute Gasteiger partial charge is 0.240 e. The number of nitrogens with two attached hydrogens (primary N) is 2. The van der Waals surface area contributed by atoms with Crippen molar-refractivity contribution in [1.29, 1.82) is 0 Å². The largest absolute Gasteiger partial charge is 0.398 e. The third kappa shape index (κ3) is 3.43. The Morgan fingerprint density at radius 3 is 2.25 bits per heavy atom. The third-order valence-corrected chi connectivity index (χ3v) is 5.06. The summed E-state index contributed by atoms with van der Waals surface area (Å²) in [6.07, 6.45) is 7.45. The van der Waals surface area contributed by atoms with Crippen molar-refractivity contribution in [2.75, 3.05) is 17.7 Å². The van der Waals surface area contributed by atoms with E-state index in [4.69, 9.17) is 10.9 Å². The Morgan fingerprint density at radius 2 is 1.75 bits per heavy atom. The molecule has 1 saturated carbocycles. The van der Waals surface area contributed by atoms with E-state index < -0.39 is 10.0 Å². The normalized spacial score (nSPS) is 17.7. The second kappa shape index (κ2) is 6.01. The minimum absolute atomic E-state index is 0.00415. The van der Waals surface area contributed by atoms with E-state index in [2.05, 4.69) is 4.90 Å². The Labute approximate surface area is 121 Å². The van der Waals surface area contributed by atoms with Crippen molar-refractivity contribution < 1.29 is 8.42 Å². The maximum absolute atomic E-state index is 11.4. The van der Waals surface area contributed by atoms with E-state index >= 15 is 0 Å². The van der Waals surface area contributed by atoms with Crippen LogP contribution in [0.15, 0.2) is 23.1 Å². The van der Waals surface area contributed by atoms with Crippen molar-refractivity contribution in [1.82, 2.24) is 0 Å². The van der Waals surface area contributed by atoms with Gasteiger partial charge in [-0.3, -0.25) is 0 Å². The molecule has 1 fully saturated rings. The van der Waals surface area contributed by atoms with Crippen LogP contribution < -0.4 is 15.8 Å². The molecule has 0 aromatic heterocycles. The summed E-state index contributed by atoms with van der Waals surface area (Å²) in [5.41, 5.74) is 6.98. The first-order valence-electron chi connectivity index (χ1n) is 7.05. The van der Waals surface area contributed by atoms with E-state index in [1.54, 1.807) is 12.1 Å². The van der Waals surface area contributed by atoms with Gasteiger partial charge in [-0.15, -0.1) is 0 Å². The van der Waals surface area contributed by atoms with Gasteiger partial charge in [0.1, 0.15) is 4.90 Å². The van der Waals surface area contributed by atoms with Crippen LogP contribution in [0.2, 0.25) is 0 Å². The van der Waals surface area contributed by atoms with Crippen LogP contribution >= 0.6 is 0 Å². The molecule has 112 valence electrons. The molecule has 0 atom stereocenters. The predicted octanol–water partition coefficient (Wildman–Crippen LogP) is 2.08. The molecule has 0 aliphatic heterocycles. The van der Waals surface area contributed by atoms with Gasteiger partial charge in [0.2, 0.25) is 10.0 Å². The van der Waals surface area contributed by atoms with E-state index in [-0.39, 0.29) is 10.6 Å². The summed E-state index contributed by atoms with van der Waals surface area (Å²) in [6.45, 7) is 0. The molecule has 0 spiro atoms. The molecule has 5 nitrogen and oxygen atoms in total. The van der Waals surface area contributed by atoms with E-state index in [9.17, 15) is 8.42 Å². The molecule has 1 aliphatic rings. The fraction of sp³-hybridized carbons (Fsp3) is 0.571. The van der Waals surface area contributed by atoms with Crippen molar-refractivity contribution >= 4 is 21.4 Å². The molecular formula is C14H23N3O2S. The molecule has 6 heteroatoms. The first kappa shape index (κ1) is 15.1. The van der Waals surface area contributed by atoms with Gasteiger partial charge < -0.3 is 10.6 Å². The Balaban J connectivity index is 2.22. The van der Waals surface area contributed by atoms with Crippen LogP contribution in [0.5, 0.6) is 0 Å². The molecule has 20 heavy (non-hydrogen) atoms. The minimum Gasteiger partial charge on any atom is -0.398 e. The minimum atomic E-state index is -3.75. The zero-order valence-corrected chi connectivity index (χ0v) is 12.7. The van der Waals surface area contributed by atoms with E-state index in [1.165, 1.54) is 44.6 Å². The highest BCUT2D eigenvalue weighted by Crippen LogP contribution is 2.28. The first-order chi connectivity index (χ1) is 9.39. The number of benzene rings is 1. The fourth-order valence-electron chi connectivity index (χ4n) is 2.87. The van der Waals surface area contributed by atoms with Gasteiger partial charge >= 0.3 is 0 Å². The number of anilines is 2.